The molecule has 0 radical (unpaired) electrons. The minimum atomic E-state index is -3.98. The molecule has 3 amide bonds. The normalized spacial score (nSPS) is 21.7. The summed E-state index contributed by atoms with van der Waals surface area (Å²) < 4.78 is 146. The fraction of sp³-hybridized carbons (Fsp3) is 0.474. The zero-order chi connectivity index (χ0) is 68.4. The molecule has 0 saturated carbocycles. The van der Waals surface area contributed by atoms with Crippen LogP contribution in [0.5, 0.6) is 0 Å². The molecule has 3 saturated heterocycles. The second-order valence-electron chi connectivity index (χ2n) is 23.2. The summed E-state index contributed by atoms with van der Waals surface area (Å²) >= 11 is 21.3. The zero-order valence-electron chi connectivity index (χ0n) is 51.8. The van der Waals surface area contributed by atoms with Crippen molar-refractivity contribution in [2.24, 2.45) is 0 Å². The third-order valence-corrected chi connectivity index (χ3v) is 23.8. The first-order chi connectivity index (χ1) is 43.6. The third kappa shape index (κ3) is 20.6. The van der Waals surface area contributed by atoms with Gasteiger partial charge in [0.15, 0.2) is 0 Å². The summed E-state index contributed by atoms with van der Waals surface area (Å²) in [5.74, 6) is -3.46. The van der Waals surface area contributed by atoms with Crippen LogP contribution in [0.3, 0.4) is 0 Å². The topological polar surface area (TPSA) is 302 Å². The lowest BCUT2D eigenvalue weighted by atomic mass is 10.0. The van der Waals surface area contributed by atoms with Crippen LogP contribution in [0, 0.1) is 17.5 Å². The van der Waals surface area contributed by atoms with E-state index in [4.69, 9.17) is 49.0 Å². The molecule has 3 aliphatic rings. The second kappa shape index (κ2) is 32.0. The summed E-state index contributed by atoms with van der Waals surface area (Å²) in [7, 11) is -7.31. The van der Waals surface area contributed by atoms with Gasteiger partial charge in [0.2, 0.25) is 17.7 Å². The number of anilines is 3. The SMILES string of the molecule is COC(C)(C)CCN1C(C(=O)Nc2ccc(F)c(Cl)c2)CC(c2nccs2)NS1(=O)=O.COC(C)(C)CCN1[C@@H](C(=O)Nc2ccc(F)c(Cl)c2)C[C@@H](c2nccs2)NS1(=O)=O.COC(C)(C)CCN1[C@H](C(=O)Nc2ccc(F)c(Cl)c2)C[C@H](c2nccs2)NS1(=O)=O. The minimum Gasteiger partial charge on any atom is -0.379 e. The first-order valence-corrected chi connectivity index (χ1v) is 36.6. The first-order valence-electron chi connectivity index (χ1n) is 28.6. The van der Waals surface area contributed by atoms with Crippen molar-refractivity contribution in [3.05, 3.63) is 137 Å². The van der Waals surface area contributed by atoms with E-state index in [-0.39, 0.29) is 71.0 Å². The highest BCUT2D eigenvalue weighted by molar-refractivity contribution is 7.87. The van der Waals surface area contributed by atoms with Gasteiger partial charge in [-0.25, -0.2) is 28.1 Å². The number of ether oxygens (including phenoxy) is 3. The molecule has 93 heavy (non-hydrogen) atoms. The number of nitrogens with zero attached hydrogens (tertiary/aromatic N) is 6. The standard InChI is InChI=1S/3C19H24ClFN4O4S2/c3*1-19(2,29-3)6-8-25-16(17(26)23-12-4-5-14(21)13(20)10-12)11-15(24-31(25,27)28)18-22-7-9-30-18/h3*4-5,7,9-10,15-16,24H,6,8,11H2,1-3H3,(H,23,26)/t2*15-,16+;/m10./s1. The summed E-state index contributed by atoms with van der Waals surface area (Å²) in [6.07, 6.45) is 6.41. The molecule has 36 heteroatoms. The molecular weight excluding hydrogens is 1400 g/mol. The van der Waals surface area contributed by atoms with Crippen LogP contribution in [0.25, 0.3) is 0 Å². The van der Waals surface area contributed by atoms with Crippen molar-refractivity contribution in [3.63, 3.8) is 0 Å². The highest BCUT2D eigenvalue weighted by atomic mass is 35.5. The Morgan fingerprint density at radius 3 is 0.946 bits per heavy atom. The monoisotopic (exact) mass is 1470 g/mol. The predicted octanol–water partition coefficient (Wildman–Crippen LogP) is 10.0. The molecule has 3 aliphatic heterocycles. The third-order valence-electron chi connectivity index (χ3n) is 15.4. The fourth-order valence-corrected chi connectivity index (χ4v) is 17.0. The predicted molar refractivity (Wildman–Crippen MR) is 353 cm³/mol. The van der Waals surface area contributed by atoms with E-state index in [1.54, 1.807) is 56.1 Å². The Hall–Kier alpha value is -4.89. The molecule has 6 aromatic rings. The van der Waals surface area contributed by atoms with E-state index in [2.05, 4.69) is 45.1 Å². The van der Waals surface area contributed by atoms with Crippen molar-refractivity contribution in [1.29, 1.82) is 0 Å². The Labute approximate surface area is 566 Å². The average molecular weight is 1470 g/mol. The lowest BCUT2D eigenvalue weighted by Crippen LogP contribution is -2.58. The Morgan fingerprint density at radius 2 is 0.742 bits per heavy atom. The summed E-state index contributed by atoms with van der Waals surface area (Å²) in [6.45, 7) is 11.2. The number of aromatic nitrogens is 3. The largest absolute Gasteiger partial charge is 0.379 e. The van der Waals surface area contributed by atoms with Crippen LogP contribution in [-0.2, 0) is 59.2 Å². The maximum atomic E-state index is 13.5. The molecule has 3 aromatic carbocycles. The molecule has 24 nitrogen and oxygen atoms in total. The van der Waals surface area contributed by atoms with Gasteiger partial charge < -0.3 is 30.2 Å². The van der Waals surface area contributed by atoms with E-state index in [0.717, 1.165) is 31.1 Å². The number of halogens is 6. The Morgan fingerprint density at radius 1 is 0.495 bits per heavy atom. The van der Waals surface area contributed by atoms with Crippen LogP contribution in [0.1, 0.15) is 113 Å². The van der Waals surface area contributed by atoms with E-state index in [9.17, 15) is 52.8 Å². The summed E-state index contributed by atoms with van der Waals surface area (Å²) in [6, 6.07) is 6.42. The van der Waals surface area contributed by atoms with Crippen molar-refractivity contribution in [2.45, 2.75) is 133 Å². The maximum Gasteiger partial charge on any atom is 0.280 e. The Kier molecular flexibility index (Phi) is 26.0. The number of rotatable bonds is 21. The smallest absolute Gasteiger partial charge is 0.280 e. The molecule has 3 fully saturated rings. The molecule has 6 atom stereocenters. The summed E-state index contributed by atoms with van der Waals surface area (Å²) in [5.41, 5.74) is -0.908. The lowest BCUT2D eigenvalue weighted by Gasteiger charge is -2.38. The quantitative estimate of drug-likeness (QED) is 0.0391. The van der Waals surface area contributed by atoms with Gasteiger partial charge in [0.1, 0.15) is 50.6 Å². The number of amides is 3. The molecule has 0 aliphatic carbocycles. The van der Waals surface area contributed by atoms with E-state index in [1.807, 2.05) is 41.5 Å². The van der Waals surface area contributed by atoms with Gasteiger partial charge in [-0.2, -0.15) is 52.3 Å². The molecule has 0 spiro atoms. The van der Waals surface area contributed by atoms with Crippen LogP contribution in [0.2, 0.25) is 15.1 Å². The van der Waals surface area contributed by atoms with Crippen molar-refractivity contribution in [3.8, 4) is 0 Å². The molecule has 510 valence electrons. The van der Waals surface area contributed by atoms with E-state index < -0.39 is 119 Å². The average Bonchev–Trinajstić information content (AvgIpc) is 1.46. The number of carbonyl (C=O) groups excluding carboxylic acids is 3. The highest BCUT2D eigenvalue weighted by Crippen LogP contribution is 2.36. The van der Waals surface area contributed by atoms with Gasteiger partial charge in [-0.15, -0.1) is 34.0 Å². The Balaban J connectivity index is 0.000000198. The molecule has 9 rings (SSSR count). The van der Waals surface area contributed by atoms with E-state index in [1.165, 1.54) is 70.4 Å². The second-order valence-corrected chi connectivity index (χ2v) is 32.2. The van der Waals surface area contributed by atoms with Gasteiger partial charge >= 0.3 is 0 Å². The van der Waals surface area contributed by atoms with Crippen molar-refractivity contribution < 1.29 is 67.0 Å². The van der Waals surface area contributed by atoms with Gasteiger partial charge in [0, 0.05) is 92.8 Å². The van der Waals surface area contributed by atoms with Crippen LogP contribution in [0.15, 0.2) is 89.3 Å². The van der Waals surface area contributed by atoms with Gasteiger partial charge in [-0.1, -0.05) is 34.8 Å². The Bertz CT molecular complexity index is 3490. The molecule has 0 bridgehead atoms. The molecule has 3 aromatic heterocycles. The highest BCUT2D eigenvalue weighted by Gasteiger charge is 2.47. The number of hydrogen-bond acceptors (Lipinski definition) is 18. The van der Waals surface area contributed by atoms with Crippen LogP contribution in [-0.4, -0.2) is 147 Å². The number of nitrogens with one attached hydrogen (secondary N) is 6. The number of carbonyl (C=O) groups is 3. The van der Waals surface area contributed by atoms with E-state index >= 15 is 0 Å². The molecular formula is C57H72Cl3F3N12O12S6. The maximum absolute atomic E-state index is 13.5. The molecule has 6 heterocycles. The van der Waals surface area contributed by atoms with Gasteiger partial charge in [0.25, 0.3) is 30.6 Å². The fourth-order valence-electron chi connectivity index (χ4n) is 9.47. The van der Waals surface area contributed by atoms with Crippen molar-refractivity contribution in [1.82, 2.24) is 42.0 Å². The van der Waals surface area contributed by atoms with Gasteiger partial charge in [-0.3, -0.25) is 14.4 Å². The van der Waals surface area contributed by atoms with Crippen molar-refractivity contribution in [2.75, 3.05) is 56.9 Å². The first kappa shape index (κ1) is 75.5. The zero-order valence-corrected chi connectivity index (χ0v) is 59.0. The van der Waals surface area contributed by atoms with Crippen LogP contribution < -0.4 is 30.1 Å². The number of benzene rings is 3. The lowest BCUT2D eigenvalue weighted by molar-refractivity contribution is -0.121. The number of methoxy groups -OCH3 is 3. The summed E-state index contributed by atoms with van der Waals surface area (Å²) in [4.78, 5) is 52.0. The minimum absolute atomic E-state index is 0.0724. The number of hydrogen-bond donors (Lipinski definition) is 6. The van der Waals surface area contributed by atoms with Crippen molar-refractivity contribution >= 4 is 134 Å². The molecule has 2 unspecified atom stereocenters. The summed E-state index contributed by atoms with van der Waals surface area (Å²) in [5, 5.41) is 14.5. The van der Waals surface area contributed by atoms with Gasteiger partial charge in [0.05, 0.1) is 50.0 Å². The number of thiazole rings is 3. The van der Waals surface area contributed by atoms with Crippen LogP contribution in [0.4, 0.5) is 30.2 Å². The molecule has 6 N–H and O–H groups in total. The van der Waals surface area contributed by atoms with Crippen LogP contribution >= 0.6 is 68.8 Å². The van der Waals surface area contributed by atoms with Gasteiger partial charge in [-0.05, 0) is 135 Å². The van der Waals surface area contributed by atoms with E-state index in [0.29, 0.717) is 34.3 Å².